The third-order valence-electron chi connectivity index (χ3n) is 7.16. The molecule has 2 saturated heterocycles. The third-order valence-corrected chi connectivity index (χ3v) is 7.16. The molecule has 3 atom stereocenters. The van der Waals surface area contributed by atoms with Crippen LogP contribution in [0, 0.1) is 5.92 Å². The van der Waals surface area contributed by atoms with Gasteiger partial charge in [0.25, 0.3) is 5.91 Å². The van der Waals surface area contributed by atoms with Crippen molar-refractivity contribution in [3.8, 4) is 11.5 Å². The second-order valence-electron chi connectivity index (χ2n) is 8.79. The summed E-state index contributed by atoms with van der Waals surface area (Å²) in [7, 11) is 3.20. The maximum atomic E-state index is 13.3. The summed E-state index contributed by atoms with van der Waals surface area (Å²) in [5, 5.41) is 2.92. The number of likely N-dealkylation sites (tertiary alicyclic amines) is 1. The van der Waals surface area contributed by atoms with Crippen LogP contribution in [0.1, 0.15) is 57.1 Å². The molecule has 0 bridgehead atoms. The summed E-state index contributed by atoms with van der Waals surface area (Å²) in [5.74, 6) is 0.968. The van der Waals surface area contributed by atoms with Gasteiger partial charge < -0.3 is 19.7 Å². The lowest BCUT2D eigenvalue weighted by Crippen LogP contribution is -2.54. The molecular formula is C23H31N3O5. The van der Waals surface area contributed by atoms with Crippen molar-refractivity contribution in [1.29, 1.82) is 0 Å². The number of ether oxygens (including phenoxy) is 2. The lowest BCUT2D eigenvalue weighted by Gasteiger charge is -2.37. The van der Waals surface area contributed by atoms with Crippen LogP contribution in [0.15, 0.2) is 18.2 Å². The van der Waals surface area contributed by atoms with Crippen molar-refractivity contribution < 1.29 is 23.9 Å². The summed E-state index contributed by atoms with van der Waals surface area (Å²) in [6.07, 6.45) is 5.13. The molecule has 8 nitrogen and oxygen atoms in total. The van der Waals surface area contributed by atoms with E-state index in [1.165, 1.54) is 0 Å². The molecule has 31 heavy (non-hydrogen) atoms. The summed E-state index contributed by atoms with van der Waals surface area (Å²) >= 11 is 0. The number of carbonyl (C=O) groups is 3. The zero-order valence-electron chi connectivity index (χ0n) is 18.5. The van der Waals surface area contributed by atoms with Crippen LogP contribution in [0.2, 0.25) is 0 Å². The van der Waals surface area contributed by atoms with Gasteiger partial charge in [-0.1, -0.05) is 19.8 Å². The van der Waals surface area contributed by atoms with Crippen molar-refractivity contribution in [1.82, 2.24) is 15.1 Å². The first-order valence-electron chi connectivity index (χ1n) is 11.1. The molecule has 0 unspecified atom stereocenters. The lowest BCUT2D eigenvalue weighted by atomic mass is 9.73. The maximum absolute atomic E-state index is 13.3. The van der Waals surface area contributed by atoms with Crippen molar-refractivity contribution in [2.24, 2.45) is 5.92 Å². The second kappa shape index (κ2) is 8.40. The number of amides is 4. The number of imide groups is 1. The average molecular weight is 430 g/mol. The van der Waals surface area contributed by atoms with Crippen LogP contribution >= 0.6 is 0 Å². The SMILES string of the molecule is COc1ccc(OC)c([C@H]2CCCN2C(=O)CN2C(=O)N[C@@]3(CCCC[C@@H]3C)C2=O)c1. The van der Waals surface area contributed by atoms with E-state index in [2.05, 4.69) is 5.32 Å². The number of urea groups is 1. The minimum absolute atomic E-state index is 0.0679. The largest absolute Gasteiger partial charge is 0.497 e. The fourth-order valence-electron chi connectivity index (χ4n) is 5.35. The fourth-order valence-corrected chi connectivity index (χ4v) is 5.35. The van der Waals surface area contributed by atoms with Gasteiger partial charge in [0.2, 0.25) is 5.91 Å². The Bertz CT molecular complexity index is 888. The van der Waals surface area contributed by atoms with E-state index in [0.717, 1.165) is 42.6 Å². The van der Waals surface area contributed by atoms with Gasteiger partial charge in [0.15, 0.2) is 0 Å². The topological polar surface area (TPSA) is 88.2 Å². The number of benzene rings is 1. The van der Waals surface area contributed by atoms with Crippen LogP contribution in [0.3, 0.4) is 0 Å². The number of nitrogens with zero attached hydrogens (tertiary/aromatic N) is 2. The molecule has 1 aromatic carbocycles. The van der Waals surface area contributed by atoms with Crippen LogP contribution in [-0.4, -0.2) is 60.5 Å². The molecule has 1 spiro atoms. The van der Waals surface area contributed by atoms with Crippen LogP contribution < -0.4 is 14.8 Å². The molecule has 1 N–H and O–H groups in total. The maximum Gasteiger partial charge on any atom is 0.325 e. The predicted molar refractivity (Wildman–Crippen MR) is 114 cm³/mol. The van der Waals surface area contributed by atoms with Crippen molar-refractivity contribution in [3.63, 3.8) is 0 Å². The van der Waals surface area contributed by atoms with E-state index in [0.29, 0.717) is 24.5 Å². The Kier molecular flexibility index (Phi) is 5.81. The number of nitrogens with one attached hydrogen (secondary N) is 1. The normalized spacial score (nSPS) is 28.2. The highest BCUT2D eigenvalue weighted by atomic mass is 16.5. The second-order valence-corrected chi connectivity index (χ2v) is 8.79. The van der Waals surface area contributed by atoms with Crippen LogP contribution in [-0.2, 0) is 9.59 Å². The Hall–Kier alpha value is -2.77. The summed E-state index contributed by atoms with van der Waals surface area (Å²) in [6.45, 7) is 2.35. The van der Waals surface area contributed by atoms with E-state index in [4.69, 9.17) is 9.47 Å². The predicted octanol–water partition coefficient (Wildman–Crippen LogP) is 2.87. The van der Waals surface area contributed by atoms with Crippen molar-refractivity contribution >= 4 is 17.8 Å². The smallest absolute Gasteiger partial charge is 0.325 e. The third kappa shape index (κ3) is 3.62. The first kappa shape index (κ1) is 21.5. The van der Waals surface area contributed by atoms with Crippen LogP contribution in [0.4, 0.5) is 4.79 Å². The Morgan fingerprint density at radius 3 is 2.68 bits per heavy atom. The molecule has 1 saturated carbocycles. The van der Waals surface area contributed by atoms with Gasteiger partial charge in [0, 0.05) is 12.1 Å². The van der Waals surface area contributed by atoms with Crippen molar-refractivity contribution in [3.05, 3.63) is 23.8 Å². The summed E-state index contributed by atoms with van der Waals surface area (Å²) < 4.78 is 10.9. The van der Waals surface area contributed by atoms with Gasteiger partial charge >= 0.3 is 6.03 Å². The molecule has 168 valence electrons. The van der Waals surface area contributed by atoms with Gasteiger partial charge in [-0.05, 0) is 49.8 Å². The molecular weight excluding hydrogens is 398 g/mol. The van der Waals surface area contributed by atoms with E-state index >= 15 is 0 Å². The molecule has 8 heteroatoms. The zero-order valence-corrected chi connectivity index (χ0v) is 18.5. The number of hydrogen-bond donors (Lipinski definition) is 1. The monoisotopic (exact) mass is 429 g/mol. The van der Waals surface area contributed by atoms with Crippen LogP contribution in [0.5, 0.6) is 11.5 Å². The first-order chi connectivity index (χ1) is 14.9. The standard InChI is InChI=1S/C23H31N3O5/c1-15-7-4-5-11-23(15)21(28)26(22(29)24-23)14-20(27)25-12-6-8-18(25)17-13-16(30-2)9-10-19(17)31-3/h9-10,13,15,18H,4-8,11-12,14H2,1-3H3,(H,24,29)/t15-,18+,23+/m0/s1. The summed E-state index contributed by atoms with van der Waals surface area (Å²) in [6, 6.07) is 4.91. The molecule has 4 amide bonds. The fraction of sp³-hybridized carbons (Fsp3) is 0.609. The quantitative estimate of drug-likeness (QED) is 0.727. The summed E-state index contributed by atoms with van der Waals surface area (Å²) in [5.41, 5.74) is 0.0260. The minimum Gasteiger partial charge on any atom is -0.497 e. The Labute approximate surface area is 182 Å². The number of carbonyl (C=O) groups excluding carboxylic acids is 3. The van der Waals surface area contributed by atoms with Crippen molar-refractivity contribution in [2.75, 3.05) is 27.3 Å². The number of hydrogen-bond acceptors (Lipinski definition) is 5. The van der Waals surface area contributed by atoms with E-state index in [1.807, 2.05) is 25.1 Å². The molecule has 1 aromatic rings. The van der Waals surface area contributed by atoms with Crippen molar-refractivity contribution in [2.45, 2.75) is 57.0 Å². The molecule has 2 aliphatic heterocycles. The molecule has 3 aliphatic rings. The van der Waals surface area contributed by atoms with Crippen LogP contribution in [0.25, 0.3) is 0 Å². The summed E-state index contributed by atoms with van der Waals surface area (Å²) in [4.78, 5) is 42.0. The van der Waals surface area contributed by atoms with Gasteiger partial charge in [-0.3, -0.25) is 14.5 Å². The number of rotatable bonds is 5. The van der Waals surface area contributed by atoms with E-state index < -0.39 is 11.6 Å². The highest BCUT2D eigenvalue weighted by Gasteiger charge is 2.55. The Morgan fingerprint density at radius 1 is 1.16 bits per heavy atom. The minimum atomic E-state index is -0.851. The van der Waals surface area contributed by atoms with Gasteiger partial charge in [-0.2, -0.15) is 0 Å². The highest BCUT2D eigenvalue weighted by molar-refractivity contribution is 6.09. The molecule has 0 radical (unpaired) electrons. The molecule has 3 fully saturated rings. The first-order valence-corrected chi connectivity index (χ1v) is 11.1. The Balaban J connectivity index is 1.53. The van der Waals surface area contributed by atoms with Gasteiger partial charge in [-0.15, -0.1) is 0 Å². The highest BCUT2D eigenvalue weighted by Crippen LogP contribution is 2.40. The van der Waals surface area contributed by atoms with Gasteiger partial charge in [0.1, 0.15) is 23.6 Å². The van der Waals surface area contributed by atoms with Gasteiger partial charge in [-0.25, -0.2) is 4.79 Å². The zero-order chi connectivity index (χ0) is 22.2. The number of methoxy groups -OCH3 is 2. The molecule has 1 aliphatic carbocycles. The molecule has 4 rings (SSSR count). The van der Waals surface area contributed by atoms with E-state index in [1.54, 1.807) is 19.1 Å². The lowest BCUT2D eigenvalue weighted by molar-refractivity contribution is -0.141. The average Bonchev–Trinajstić information content (AvgIpc) is 3.35. The van der Waals surface area contributed by atoms with Gasteiger partial charge in [0.05, 0.1) is 20.3 Å². The Morgan fingerprint density at radius 2 is 1.97 bits per heavy atom. The van der Waals surface area contributed by atoms with E-state index in [9.17, 15) is 14.4 Å². The molecule has 0 aromatic heterocycles. The van der Waals surface area contributed by atoms with E-state index in [-0.39, 0.29) is 30.3 Å². The molecule has 2 heterocycles.